The van der Waals surface area contributed by atoms with E-state index >= 15 is 0 Å². The summed E-state index contributed by atoms with van der Waals surface area (Å²) in [5.41, 5.74) is 0. The first-order valence-electron chi connectivity index (χ1n) is 8.87. The van der Waals surface area contributed by atoms with Gasteiger partial charge in [0.05, 0.1) is 13.7 Å². The van der Waals surface area contributed by atoms with Gasteiger partial charge in [-0.1, -0.05) is 69.8 Å². The molecule has 0 fully saturated rings. The molecule has 0 saturated heterocycles. The van der Waals surface area contributed by atoms with Gasteiger partial charge < -0.3 is 0 Å². The highest BCUT2D eigenvalue weighted by molar-refractivity contribution is 4.81. The molecule has 0 aliphatic carbocycles. The first-order chi connectivity index (χ1) is 10.4. The van der Waals surface area contributed by atoms with Crippen molar-refractivity contribution in [1.82, 2.24) is 0 Å². The van der Waals surface area contributed by atoms with E-state index in [9.17, 15) is 0 Å². The molecule has 0 saturated carbocycles. The largest absolute Gasteiger partial charge is 0.240 e. The van der Waals surface area contributed by atoms with Crippen LogP contribution >= 0.6 is 0 Å². The van der Waals surface area contributed by atoms with Gasteiger partial charge in [-0.05, 0) is 38.5 Å². The van der Waals surface area contributed by atoms with Gasteiger partial charge in [-0.25, -0.2) is 9.78 Å². The molecule has 0 radical (unpaired) electrons. The Balaban J connectivity index is 3.07. The van der Waals surface area contributed by atoms with Gasteiger partial charge in [-0.3, -0.25) is 0 Å². The topological polar surface area (TPSA) is 18.5 Å². The van der Waals surface area contributed by atoms with E-state index in [1.165, 1.54) is 70.6 Å². The quantitative estimate of drug-likeness (QED) is 0.142. The SMILES string of the molecule is CCCCC=CCCCCCCCC/C=C\CCOOC. The van der Waals surface area contributed by atoms with Crippen LogP contribution in [-0.4, -0.2) is 13.7 Å². The molecule has 0 heterocycles. The lowest BCUT2D eigenvalue weighted by Crippen LogP contribution is -1.89. The van der Waals surface area contributed by atoms with Crippen molar-refractivity contribution in [2.45, 2.75) is 84.0 Å². The Morgan fingerprint density at radius 1 is 0.619 bits per heavy atom. The molecule has 21 heavy (non-hydrogen) atoms. The third-order valence-electron chi connectivity index (χ3n) is 3.53. The fourth-order valence-corrected chi connectivity index (χ4v) is 2.22. The maximum atomic E-state index is 4.80. The summed E-state index contributed by atoms with van der Waals surface area (Å²) in [4.78, 5) is 9.32. The van der Waals surface area contributed by atoms with Crippen molar-refractivity contribution in [1.29, 1.82) is 0 Å². The number of hydrogen-bond donors (Lipinski definition) is 0. The maximum Gasteiger partial charge on any atom is 0.0856 e. The Kier molecular flexibility index (Phi) is 18.8. The number of rotatable bonds is 16. The number of unbranched alkanes of at least 4 members (excludes halogenated alkanes) is 9. The molecule has 0 bridgehead atoms. The van der Waals surface area contributed by atoms with E-state index in [2.05, 4.69) is 36.1 Å². The first-order valence-corrected chi connectivity index (χ1v) is 8.87. The van der Waals surface area contributed by atoms with Crippen LogP contribution in [-0.2, 0) is 9.78 Å². The molecule has 0 spiro atoms. The van der Waals surface area contributed by atoms with Crippen LogP contribution in [0.15, 0.2) is 24.3 Å². The summed E-state index contributed by atoms with van der Waals surface area (Å²) < 4.78 is 0. The van der Waals surface area contributed by atoms with Gasteiger partial charge in [0, 0.05) is 0 Å². The van der Waals surface area contributed by atoms with Gasteiger partial charge in [0.15, 0.2) is 0 Å². The zero-order valence-electron chi connectivity index (χ0n) is 14.3. The summed E-state index contributed by atoms with van der Waals surface area (Å²) in [5, 5.41) is 0. The lowest BCUT2D eigenvalue weighted by Gasteiger charge is -1.99. The minimum atomic E-state index is 0.653. The fourth-order valence-electron chi connectivity index (χ4n) is 2.22. The van der Waals surface area contributed by atoms with E-state index in [0.717, 1.165) is 6.42 Å². The van der Waals surface area contributed by atoms with Crippen molar-refractivity contribution in [2.75, 3.05) is 13.7 Å². The molecular formula is C19H36O2. The number of hydrogen-bond acceptors (Lipinski definition) is 2. The van der Waals surface area contributed by atoms with Crippen LogP contribution < -0.4 is 0 Å². The molecule has 0 aromatic heterocycles. The smallest absolute Gasteiger partial charge is 0.0856 e. The molecule has 0 aromatic rings. The third kappa shape index (κ3) is 19.4. The molecular weight excluding hydrogens is 260 g/mol. The Morgan fingerprint density at radius 2 is 1.10 bits per heavy atom. The zero-order chi connectivity index (χ0) is 15.4. The summed E-state index contributed by atoms with van der Waals surface area (Å²) in [6.07, 6.45) is 24.7. The monoisotopic (exact) mass is 296 g/mol. The van der Waals surface area contributed by atoms with Crippen molar-refractivity contribution in [3.8, 4) is 0 Å². The average molecular weight is 296 g/mol. The van der Waals surface area contributed by atoms with E-state index in [4.69, 9.17) is 4.89 Å². The van der Waals surface area contributed by atoms with Gasteiger partial charge in [0.2, 0.25) is 0 Å². The number of allylic oxidation sites excluding steroid dienone is 3. The molecule has 0 aliphatic heterocycles. The predicted octanol–water partition coefficient (Wildman–Crippen LogP) is 6.38. The maximum absolute atomic E-state index is 4.80. The van der Waals surface area contributed by atoms with Crippen LogP contribution in [0.3, 0.4) is 0 Å². The van der Waals surface area contributed by atoms with Crippen molar-refractivity contribution < 1.29 is 9.78 Å². The van der Waals surface area contributed by atoms with Crippen molar-refractivity contribution in [3.05, 3.63) is 24.3 Å². The van der Waals surface area contributed by atoms with Crippen molar-refractivity contribution in [3.63, 3.8) is 0 Å². The summed E-state index contributed by atoms with van der Waals surface area (Å²) in [7, 11) is 1.55. The second-order valence-corrected chi connectivity index (χ2v) is 5.56. The van der Waals surface area contributed by atoms with E-state index in [-0.39, 0.29) is 0 Å². The van der Waals surface area contributed by atoms with Crippen LogP contribution in [0.1, 0.15) is 84.0 Å². The van der Waals surface area contributed by atoms with E-state index in [1.807, 2.05) is 0 Å². The standard InChI is InChI=1S/C19H36O2/c1-3-4-5-6-7-8-9-10-11-12-13-14-15-16-17-18-19-21-20-2/h6-7,16-17H,3-5,8-15,18-19H2,1-2H3/b7-6?,17-16-. The lowest BCUT2D eigenvalue weighted by molar-refractivity contribution is -0.271. The average Bonchev–Trinajstić information content (AvgIpc) is 2.50. The second-order valence-electron chi connectivity index (χ2n) is 5.56. The summed E-state index contributed by atoms with van der Waals surface area (Å²) >= 11 is 0. The van der Waals surface area contributed by atoms with Crippen LogP contribution in [0.2, 0.25) is 0 Å². The molecule has 124 valence electrons. The molecule has 0 N–H and O–H groups in total. The van der Waals surface area contributed by atoms with E-state index in [0.29, 0.717) is 6.61 Å². The highest BCUT2D eigenvalue weighted by atomic mass is 17.2. The first kappa shape index (κ1) is 20.4. The van der Waals surface area contributed by atoms with E-state index < -0.39 is 0 Å². The van der Waals surface area contributed by atoms with Gasteiger partial charge >= 0.3 is 0 Å². The molecule has 0 amide bonds. The van der Waals surface area contributed by atoms with Gasteiger partial charge in [-0.2, -0.15) is 0 Å². The predicted molar refractivity (Wildman–Crippen MR) is 92.3 cm³/mol. The van der Waals surface area contributed by atoms with Gasteiger partial charge in [0.25, 0.3) is 0 Å². The molecule has 0 rings (SSSR count). The van der Waals surface area contributed by atoms with Crippen LogP contribution in [0, 0.1) is 0 Å². The van der Waals surface area contributed by atoms with E-state index in [1.54, 1.807) is 7.11 Å². The van der Waals surface area contributed by atoms with Gasteiger partial charge in [0.1, 0.15) is 0 Å². The third-order valence-corrected chi connectivity index (χ3v) is 3.53. The van der Waals surface area contributed by atoms with Gasteiger partial charge in [-0.15, -0.1) is 0 Å². The van der Waals surface area contributed by atoms with Crippen LogP contribution in [0.25, 0.3) is 0 Å². The van der Waals surface area contributed by atoms with Crippen LogP contribution in [0.5, 0.6) is 0 Å². The molecule has 0 aliphatic rings. The Morgan fingerprint density at radius 3 is 1.62 bits per heavy atom. The Labute approximate surface area is 132 Å². The highest BCUT2D eigenvalue weighted by Crippen LogP contribution is 2.09. The lowest BCUT2D eigenvalue weighted by atomic mass is 10.1. The van der Waals surface area contributed by atoms with Crippen molar-refractivity contribution in [2.24, 2.45) is 0 Å². The highest BCUT2D eigenvalue weighted by Gasteiger charge is 1.90. The summed E-state index contributed by atoms with van der Waals surface area (Å²) in [6.45, 7) is 2.90. The minimum absolute atomic E-state index is 0.653. The van der Waals surface area contributed by atoms with Crippen molar-refractivity contribution >= 4 is 0 Å². The minimum Gasteiger partial charge on any atom is -0.240 e. The normalized spacial score (nSPS) is 11.9. The zero-order valence-corrected chi connectivity index (χ0v) is 14.3. The van der Waals surface area contributed by atoms with Crippen LogP contribution in [0.4, 0.5) is 0 Å². The molecule has 2 nitrogen and oxygen atoms in total. The fraction of sp³-hybridized carbons (Fsp3) is 0.789. The second kappa shape index (κ2) is 19.4. The summed E-state index contributed by atoms with van der Waals surface area (Å²) in [5.74, 6) is 0. The molecule has 2 heteroatoms. The molecule has 0 aromatic carbocycles. The Hall–Kier alpha value is -0.600. The Bertz CT molecular complexity index is 234. The summed E-state index contributed by atoms with van der Waals surface area (Å²) in [6, 6.07) is 0. The molecule has 0 unspecified atom stereocenters. The molecule has 0 atom stereocenters.